The zero-order valence-electron chi connectivity index (χ0n) is 12.4. The van der Waals surface area contributed by atoms with Crippen molar-refractivity contribution in [1.29, 1.82) is 0 Å². The summed E-state index contributed by atoms with van der Waals surface area (Å²) < 4.78 is 38.5. The number of pyridine rings is 1. The van der Waals surface area contributed by atoms with E-state index in [0.29, 0.717) is 10.9 Å². The molecule has 0 aliphatic carbocycles. The summed E-state index contributed by atoms with van der Waals surface area (Å²) in [4.78, 5) is 8.76. The van der Waals surface area contributed by atoms with Gasteiger partial charge in [0.2, 0.25) is 0 Å². The van der Waals surface area contributed by atoms with Crippen molar-refractivity contribution >= 4 is 16.6 Å². The normalized spacial score (nSPS) is 17.7. The summed E-state index contributed by atoms with van der Waals surface area (Å²) in [5.74, 6) is 0. The lowest BCUT2D eigenvalue weighted by molar-refractivity contribution is -0.137. The van der Waals surface area contributed by atoms with E-state index in [4.69, 9.17) is 0 Å². The van der Waals surface area contributed by atoms with Crippen LogP contribution in [0.15, 0.2) is 30.5 Å². The smallest absolute Gasteiger partial charge is 0.369 e. The number of alkyl halides is 3. The van der Waals surface area contributed by atoms with Crippen LogP contribution in [-0.4, -0.2) is 43.1 Å². The molecule has 0 amide bonds. The van der Waals surface area contributed by atoms with E-state index in [9.17, 15) is 13.2 Å². The van der Waals surface area contributed by atoms with E-state index in [2.05, 4.69) is 21.8 Å². The number of nitrogens with zero attached hydrogens (tertiary/aromatic N) is 3. The Morgan fingerprint density at radius 2 is 1.86 bits per heavy atom. The molecule has 0 radical (unpaired) electrons. The van der Waals surface area contributed by atoms with E-state index < -0.39 is 11.7 Å². The van der Waals surface area contributed by atoms with Gasteiger partial charge in [0.15, 0.2) is 0 Å². The third kappa shape index (κ3) is 3.16. The van der Waals surface area contributed by atoms with Gasteiger partial charge in [0.05, 0.1) is 23.0 Å². The summed E-state index contributed by atoms with van der Waals surface area (Å²) in [6.07, 6.45) is -1.53. The van der Waals surface area contributed by atoms with Gasteiger partial charge < -0.3 is 9.80 Å². The van der Waals surface area contributed by atoms with Crippen molar-refractivity contribution in [3.8, 4) is 0 Å². The summed E-state index contributed by atoms with van der Waals surface area (Å²) in [5, 5.41) is 0.532. The molecular formula is C16H18F3N3. The van der Waals surface area contributed by atoms with Gasteiger partial charge in [-0.15, -0.1) is 0 Å². The maximum Gasteiger partial charge on any atom is 0.416 e. The van der Waals surface area contributed by atoms with Gasteiger partial charge in [-0.3, -0.25) is 4.98 Å². The van der Waals surface area contributed by atoms with Crippen molar-refractivity contribution in [2.24, 2.45) is 0 Å². The summed E-state index contributed by atoms with van der Waals surface area (Å²) in [6, 6.07) is 5.49. The first-order valence-electron chi connectivity index (χ1n) is 7.34. The SMILES string of the molecule is CN1CCCN(c2cnc3ccc(C(F)(F)F)cc3c2)CC1. The van der Waals surface area contributed by atoms with Gasteiger partial charge in [0.25, 0.3) is 0 Å². The summed E-state index contributed by atoms with van der Waals surface area (Å²) in [7, 11) is 2.08. The molecule has 1 aromatic carbocycles. The van der Waals surface area contributed by atoms with Gasteiger partial charge in [0, 0.05) is 25.0 Å². The number of fused-ring (bicyclic) bond motifs is 1. The highest BCUT2D eigenvalue weighted by Gasteiger charge is 2.30. The second kappa shape index (κ2) is 5.76. The molecule has 0 bridgehead atoms. The largest absolute Gasteiger partial charge is 0.416 e. The van der Waals surface area contributed by atoms with Crippen molar-refractivity contribution in [1.82, 2.24) is 9.88 Å². The molecule has 1 aromatic heterocycles. The molecule has 1 aliphatic heterocycles. The van der Waals surface area contributed by atoms with Crippen LogP contribution in [-0.2, 0) is 6.18 Å². The highest BCUT2D eigenvalue weighted by Crippen LogP contribution is 2.32. The van der Waals surface area contributed by atoms with E-state index in [1.54, 1.807) is 6.20 Å². The molecule has 0 saturated carbocycles. The predicted octanol–water partition coefficient (Wildman–Crippen LogP) is 3.40. The summed E-state index contributed by atoms with van der Waals surface area (Å²) >= 11 is 0. The molecule has 2 heterocycles. The van der Waals surface area contributed by atoms with Gasteiger partial charge in [-0.25, -0.2) is 0 Å². The zero-order chi connectivity index (χ0) is 15.7. The number of hydrogen-bond acceptors (Lipinski definition) is 3. The van der Waals surface area contributed by atoms with Crippen LogP contribution in [0.25, 0.3) is 10.9 Å². The lowest BCUT2D eigenvalue weighted by Gasteiger charge is -2.22. The first-order chi connectivity index (χ1) is 10.4. The minimum atomic E-state index is -4.32. The molecule has 2 aromatic rings. The number of likely N-dealkylation sites (N-methyl/N-ethyl adjacent to an activating group) is 1. The number of aromatic nitrogens is 1. The molecule has 118 valence electrons. The van der Waals surface area contributed by atoms with Crippen molar-refractivity contribution in [2.75, 3.05) is 38.1 Å². The van der Waals surface area contributed by atoms with Crippen molar-refractivity contribution < 1.29 is 13.2 Å². The van der Waals surface area contributed by atoms with Crippen LogP contribution >= 0.6 is 0 Å². The summed E-state index contributed by atoms with van der Waals surface area (Å²) in [6.45, 7) is 3.75. The highest BCUT2D eigenvalue weighted by molar-refractivity contribution is 5.82. The van der Waals surface area contributed by atoms with E-state index >= 15 is 0 Å². The van der Waals surface area contributed by atoms with Gasteiger partial charge >= 0.3 is 6.18 Å². The third-order valence-electron chi connectivity index (χ3n) is 4.08. The molecule has 0 unspecified atom stereocenters. The average molecular weight is 309 g/mol. The molecule has 0 N–H and O–H groups in total. The molecule has 0 spiro atoms. The summed E-state index contributed by atoms with van der Waals surface area (Å²) in [5.41, 5.74) is 0.848. The second-order valence-electron chi connectivity index (χ2n) is 5.74. The number of rotatable bonds is 1. The van der Waals surface area contributed by atoms with E-state index in [-0.39, 0.29) is 0 Å². The molecule has 3 nitrogen and oxygen atoms in total. The molecule has 1 saturated heterocycles. The lowest BCUT2D eigenvalue weighted by atomic mass is 10.1. The average Bonchev–Trinajstić information content (AvgIpc) is 2.70. The van der Waals surface area contributed by atoms with Crippen molar-refractivity contribution in [3.05, 3.63) is 36.0 Å². The Kier molecular flexibility index (Phi) is 3.95. The fourth-order valence-corrected chi connectivity index (χ4v) is 2.77. The van der Waals surface area contributed by atoms with Crippen LogP contribution < -0.4 is 4.90 Å². The van der Waals surface area contributed by atoms with Crippen LogP contribution in [0.4, 0.5) is 18.9 Å². The maximum absolute atomic E-state index is 12.8. The minimum absolute atomic E-state index is 0.532. The lowest BCUT2D eigenvalue weighted by Crippen LogP contribution is -2.28. The molecular weight excluding hydrogens is 291 g/mol. The Morgan fingerprint density at radius 1 is 1.05 bits per heavy atom. The molecule has 1 fully saturated rings. The first-order valence-corrected chi connectivity index (χ1v) is 7.34. The van der Waals surface area contributed by atoms with Crippen LogP contribution in [0.5, 0.6) is 0 Å². The quantitative estimate of drug-likeness (QED) is 0.805. The van der Waals surface area contributed by atoms with Gasteiger partial charge in [-0.2, -0.15) is 13.2 Å². The molecule has 1 aliphatic rings. The van der Waals surface area contributed by atoms with Gasteiger partial charge in [-0.1, -0.05) is 0 Å². The van der Waals surface area contributed by atoms with Gasteiger partial charge in [-0.05, 0) is 44.3 Å². The zero-order valence-corrected chi connectivity index (χ0v) is 12.4. The fourth-order valence-electron chi connectivity index (χ4n) is 2.77. The number of halogens is 3. The third-order valence-corrected chi connectivity index (χ3v) is 4.08. The van der Waals surface area contributed by atoms with Crippen LogP contribution in [0, 0.1) is 0 Å². The fraction of sp³-hybridized carbons (Fsp3) is 0.438. The minimum Gasteiger partial charge on any atom is -0.369 e. The standard InChI is InChI=1S/C16H18F3N3/c1-21-5-2-6-22(8-7-21)14-10-12-9-13(16(17,18)19)3-4-15(12)20-11-14/h3-4,9-11H,2,5-8H2,1H3. The van der Waals surface area contributed by atoms with Crippen LogP contribution in [0.1, 0.15) is 12.0 Å². The Balaban J connectivity index is 1.94. The van der Waals surface area contributed by atoms with E-state index in [1.807, 2.05) is 6.07 Å². The maximum atomic E-state index is 12.8. The van der Waals surface area contributed by atoms with Crippen LogP contribution in [0.3, 0.4) is 0 Å². The Hall–Kier alpha value is -1.82. The Labute approximate surface area is 127 Å². The van der Waals surface area contributed by atoms with Crippen molar-refractivity contribution in [2.45, 2.75) is 12.6 Å². The monoisotopic (exact) mass is 309 g/mol. The van der Waals surface area contributed by atoms with E-state index in [0.717, 1.165) is 44.4 Å². The molecule has 3 rings (SSSR count). The molecule has 6 heteroatoms. The number of anilines is 1. The molecule has 22 heavy (non-hydrogen) atoms. The number of hydrogen-bond donors (Lipinski definition) is 0. The topological polar surface area (TPSA) is 19.4 Å². The predicted molar refractivity (Wildman–Crippen MR) is 81.1 cm³/mol. The Bertz CT molecular complexity index is 669. The van der Waals surface area contributed by atoms with Crippen molar-refractivity contribution in [3.63, 3.8) is 0 Å². The second-order valence-corrected chi connectivity index (χ2v) is 5.74. The highest BCUT2D eigenvalue weighted by atomic mass is 19.4. The number of benzene rings is 1. The van der Waals surface area contributed by atoms with E-state index in [1.165, 1.54) is 12.1 Å². The molecule has 0 atom stereocenters. The first kappa shape index (κ1) is 15.1. The Morgan fingerprint density at radius 3 is 2.64 bits per heavy atom. The van der Waals surface area contributed by atoms with Crippen LogP contribution in [0.2, 0.25) is 0 Å². The van der Waals surface area contributed by atoms with Gasteiger partial charge in [0.1, 0.15) is 0 Å².